The van der Waals surface area contributed by atoms with E-state index in [0.29, 0.717) is 18.2 Å². The maximum absolute atomic E-state index is 11.8. The van der Waals surface area contributed by atoms with Crippen LogP contribution in [0.1, 0.15) is 5.89 Å². The van der Waals surface area contributed by atoms with E-state index in [9.17, 15) is 4.79 Å². The van der Waals surface area contributed by atoms with Crippen molar-refractivity contribution in [1.29, 1.82) is 0 Å². The topological polar surface area (TPSA) is 48.0 Å². The first-order valence-corrected chi connectivity index (χ1v) is 7.78. The van der Waals surface area contributed by atoms with Crippen LogP contribution in [0.15, 0.2) is 66.9 Å². The fraction of sp³-hybridized carbons (Fsp3) is 0.0667. The van der Waals surface area contributed by atoms with Crippen LogP contribution in [0.25, 0.3) is 11.3 Å². The van der Waals surface area contributed by atoms with Gasteiger partial charge >= 0.3 is 0 Å². The van der Waals surface area contributed by atoms with Gasteiger partial charge in [-0.05, 0) is 28.1 Å². The second kappa shape index (κ2) is 5.99. The molecule has 0 radical (unpaired) electrons. The first kappa shape index (κ1) is 14.3. The maximum atomic E-state index is 11.8. The smallest absolute Gasteiger partial charge is 0.251 e. The molecule has 0 saturated heterocycles. The normalized spacial score (nSPS) is 10.8. The monoisotopic (exact) mass is 408 g/mol. The lowest BCUT2D eigenvalue weighted by Crippen LogP contribution is -2.18. The zero-order chi connectivity index (χ0) is 14.8. The number of hydrogen-bond acceptors (Lipinski definition) is 3. The van der Waals surface area contributed by atoms with Gasteiger partial charge in [0.2, 0.25) is 5.89 Å². The van der Waals surface area contributed by atoms with Crippen molar-refractivity contribution in [3.05, 3.63) is 74.0 Å². The molecular weight excluding hydrogens is 400 g/mol. The molecule has 0 saturated carbocycles. The molecule has 3 rings (SSSR count). The van der Waals surface area contributed by atoms with Crippen molar-refractivity contribution in [2.75, 3.05) is 0 Å². The zero-order valence-corrected chi connectivity index (χ0v) is 14.0. The van der Waals surface area contributed by atoms with E-state index in [-0.39, 0.29) is 5.56 Å². The van der Waals surface area contributed by atoms with Crippen LogP contribution in [0.3, 0.4) is 0 Å². The molecule has 0 unspecified atom stereocenters. The Bertz CT molecular complexity index is 839. The van der Waals surface area contributed by atoms with Gasteiger partial charge in [0, 0.05) is 26.8 Å². The van der Waals surface area contributed by atoms with Crippen molar-refractivity contribution < 1.29 is 4.42 Å². The summed E-state index contributed by atoms with van der Waals surface area (Å²) in [6.45, 7) is 0.294. The van der Waals surface area contributed by atoms with Gasteiger partial charge in [0.1, 0.15) is 6.54 Å². The van der Waals surface area contributed by atoms with Crippen LogP contribution < -0.4 is 5.56 Å². The first-order chi connectivity index (χ1) is 10.1. The Balaban J connectivity index is 1.91. The second-order valence-electron chi connectivity index (χ2n) is 4.41. The standard InChI is InChI=1S/C15H10Br2N2O2/c16-10-5-6-15(20)19(8-10)9-14-18-7-13(21-14)11-3-1-2-4-12(11)17/h1-8H,9H2. The van der Waals surface area contributed by atoms with Crippen LogP contribution >= 0.6 is 31.9 Å². The lowest BCUT2D eigenvalue weighted by molar-refractivity contribution is 0.484. The number of oxazole rings is 1. The number of halogens is 2. The van der Waals surface area contributed by atoms with Crippen LogP contribution in [-0.2, 0) is 6.54 Å². The summed E-state index contributed by atoms with van der Waals surface area (Å²) in [5.41, 5.74) is 0.830. The molecule has 1 aromatic carbocycles. The highest BCUT2D eigenvalue weighted by molar-refractivity contribution is 9.10. The van der Waals surface area contributed by atoms with Gasteiger partial charge < -0.3 is 8.98 Å². The summed E-state index contributed by atoms with van der Waals surface area (Å²) in [6.07, 6.45) is 3.38. The molecule has 4 nitrogen and oxygen atoms in total. The van der Waals surface area contributed by atoms with Gasteiger partial charge in [0.15, 0.2) is 5.76 Å². The van der Waals surface area contributed by atoms with E-state index in [1.807, 2.05) is 24.3 Å². The number of aromatic nitrogens is 2. The molecule has 2 aromatic heterocycles. The molecule has 0 fully saturated rings. The minimum absolute atomic E-state index is 0.0983. The predicted octanol–water partition coefficient (Wildman–Crippen LogP) is 4.08. The van der Waals surface area contributed by atoms with Gasteiger partial charge in [-0.1, -0.05) is 34.1 Å². The van der Waals surface area contributed by atoms with Crippen molar-refractivity contribution >= 4 is 31.9 Å². The van der Waals surface area contributed by atoms with E-state index in [0.717, 1.165) is 14.5 Å². The molecule has 106 valence electrons. The number of benzene rings is 1. The third-order valence-electron chi connectivity index (χ3n) is 2.95. The lowest BCUT2D eigenvalue weighted by atomic mass is 10.2. The van der Waals surface area contributed by atoms with Crippen molar-refractivity contribution in [2.24, 2.45) is 0 Å². The highest BCUT2D eigenvalue weighted by Crippen LogP contribution is 2.28. The average molecular weight is 410 g/mol. The van der Waals surface area contributed by atoms with E-state index >= 15 is 0 Å². The van der Waals surface area contributed by atoms with E-state index in [4.69, 9.17) is 4.42 Å². The number of nitrogens with zero attached hydrogens (tertiary/aromatic N) is 2. The van der Waals surface area contributed by atoms with Crippen molar-refractivity contribution in [1.82, 2.24) is 9.55 Å². The molecule has 6 heteroatoms. The molecule has 3 aromatic rings. The molecule has 0 amide bonds. The molecule has 0 spiro atoms. The van der Waals surface area contributed by atoms with E-state index < -0.39 is 0 Å². The largest absolute Gasteiger partial charge is 0.439 e. The maximum Gasteiger partial charge on any atom is 0.251 e. The van der Waals surface area contributed by atoms with Crippen LogP contribution in [0.5, 0.6) is 0 Å². The average Bonchev–Trinajstić information content (AvgIpc) is 2.92. The Hall–Kier alpha value is -1.66. The summed E-state index contributed by atoms with van der Waals surface area (Å²) >= 11 is 6.83. The van der Waals surface area contributed by atoms with Crippen LogP contribution in [0.2, 0.25) is 0 Å². The molecule has 21 heavy (non-hydrogen) atoms. The van der Waals surface area contributed by atoms with Gasteiger partial charge in [0.25, 0.3) is 5.56 Å². The molecule has 0 N–H and O–H groups in total. The summed E-state index contributed by atoms with van der Waals surface area (Å²) in [5, 5.41) is 0. The molecule has 2 heterocycles. The minimum Gasteiger partial charge on any atom is -0.439 e. The molecular formula is C15H10Br2N2O2. The van der Waals surface area contributed by atoms with E-state index in [1.54, 1.807) is 23.0 Å². The summed E-state index contributed by atoms with van der Waals surface area (Å²) < 4.78 is 9.04. The molecule has 0 bridgehead atoms. The molecule has 0 aliphatic rings. The van der Waals surface area contributed by atoms with Crippen LogP contribution in [-0.4, -0.2) is 9.55 Å². The van der Waals surface area contributed by atoms with E-state index in [2.05, 4.69) is 36.8 Å². The Morgan fingerprint density at radius 1 is 1.14 bits per heavy atom. The van der Waals surface area contributed by atoms with Crippen LogP contribution in [0, 0.1) is 0 Å². The quantitative estimate of drug-likeness (QED) is 0.654. The molecule has 0 atom stereocenters. The van der Waals surface area contributed by atoms with E-state index in [1.165, 1.54) is 6.07 Å². The Morgan fingerprint density at radius 2 is 1.95 bits per heavy atom. The minimum atomic E-state index is -0.0983. The van der Waals surface area contributed by atoms with Crippen molar-refractivity contribution in [2.45, 2.75) is 6.54 Å². The summed E-state index contributed by atoms with van der Waals surface area (Å²) in [4.78, 5) is 16.0. The highest BCUT2D eigenvalue weighted by atomic mass is 79.9. The third kappa shape index (κ3) is 3.16. The van der Waals surface area contributed by atoms with Crippen molar-refractivity contribution in [3.8, 4) is 11.3 Å². The third-order valence-corrected chi connectivity index (χ3v) is 4.11. The number of hydrogen-bond donors (Lipinski definition) is 0. The predicted molar refractivity (Wildman–Crippen MR) is 87.1 cm³/mol. The van der Waals surface area contributed by atoms with Crippen molar-refractivity contribution in [3.63, 3.8) is 0 Å². The van der Waals surface area contributed by atoms with Gasteiger partial charge in [0.05, 0.1) is 6.20 Å². The SMILES string of the molecule is O=c1ccc(Br)cn1Cc1ncc(-c2ccccc2Br)o1. The summed E-state index contributed by atoms with van der Waals surface area (Å²) in [6, 6.07) is 11.0. The van der Waals surface area contributed by atoms with Gasteiger partial charge in [-0.3, -0.25) is 4.79 Å². The zero-order valence-electron chi connectivity index (χ0n) is 10.8. The summed E-state index contributed by atoms with van der Waals surface area (Å²) in [5.74, 6) is 1.15. The fourth-order valence-electron chi connectivity index (χ4n) is 1.94. The summed E-state index contributed by atoms with van der Waals surface area (Å²) in [7, 11) is 0. The van der Waals surface area contributed by atoms with Crippen LogP contribution in [0.4, 0.5) is 0 Å². The first-order valence-electron chi connectivity index (χ1n) is 6.19. The highest BCUT2D eigenvalue weighted by Gasteiger charge is 2.10. The Labute approximate surface area is 137 Å². The Kier molecular flexibility index (Phi) is 4.07. The second-order valence-corrected chi connectivity index (χ2v) is 6.18. The number of pyridine rings is 1. The van der Waals surface area contributed by atoms with Gasteiger partial charge in [-0.15, -0.1) is 0 Å². The molecule has 0 aliphatic heterocycles. The Morgan fingerprint density at radius 3 is 2.76 bits per heavy atom. The fourth-order valence-corrected chi connectivity index (χ4v) is 2.80. The lowest BCUT2D eigenvalue weighted by Gasteiger charge is -2.03. The van der Waals surface area contributed by atoms with Gasteiger partial charge in [-0.25, -0.2) is 4.98 Å². The molecule has 0 aliphatic carbocycles. The van der Waals surface area contributed by atoms with Gasteiger partial charge in [-0.2, -0.15) is 0 Å². The number of rotatable bonds is 3.